The molecule has 3 rings (SSSR count). The number of rotatable bonds is 4. The molecule has 1 fully saturated rings. The Bertz CT molecular complexity index is 556. The van der Waals surface area contributed by atoms with Crippen molar-refractivity contribution in [3.63, 3.8) is 0 Å². The molecule has 20 heavy (non-hydrogen) atoms. The number of hydrogen-bond acceptors (Lipinski definition) is 3. The van der Waals surface area contributed by atoms with E-state index in [1.165, 1.54) is 43.4 Å². The van der Waals surface area contributed by atoms with Gasteiger partial charge in [0.05, 0.1) is 5.52 Å². The van der Waals surface area contributed by atoms with Gasteiger partial charge in [0, 0.05) is 29.9 Å². The van der Waals surface area contributed by atoms with Crippen LogP contribution in [0.1, 0.15) is 26.2 Å². The van der Waals surface area contributed by atoms with Crippen LogP contribution < -0.4 is 5.32 Å². The van der Waals surface area contributed by atoms with Crippen LogP contribution in [0.15, 0.2) is 36.5 Å². The molecule has 1 aliphatic rings. The molecule has 3 nitrogen and oxygen atoms in total. The summed E-state index contributed by atoms with van der Waals surface area (Å²) in [5, 5.41) is 4.81. The monoisotopic (exact) mass is 269 g/mol. The van der Waals surface area contributed by atoms with E-state index >= 15 is 0 Å². The van der Waals surface area contributed by atoms with Crippen LogP contribution in [0.4, 0.5) is 5.69 Å². The number of para-hydroxylation sites is 1. The summed E-state index contributed by atoms with van der Waals surface area (Å²) in [4.78, 5) is 7.01. The van der Waals surface area contributed by atoms with Gasteiger partial charge in [-0.1, -0.05) is 24.6 Å². The Labute approximate surface area is 121 Å². The molecule has 0 saturated carbocycles. The lowest BCUT2D eigenvalue weighted by atomic mass is 10.1. The molecule has 0 amide bonds. The van der Waals surface area contributed by atoms with Gasteiger partial charge in [0.1, 0.15) is 0 Å². The van der Waals surface area contributed by atoms with Gasteiger partial charge in [0.15, 0.2) is 0 Å². The molecule has 0 bridgehead atoms. The minimum Gasteiger partial charge on any atom is -0.383 e. The second-order valence-electron chi connectivity index (χ2n) is 5.70. The third kappa shape index (κ3) is 2.93. The zero-order chi connectivity index (χ0) is 13.8. The second-order valence-corrected chi connectivity index (χ2v) is 5.70. The van der Waals surface area contributed by atoms with Gasteiger partial charge in [-0.25, -0.2) is 0 Å². The molecule has 0 radical (unpaired) electrons. The van der Waals surface area contributed by atoms with Crippen molar-refractivity contribution in [3.05, 3.63) is 36.5 Å². The molecule has 1 N–H and O–H groups in total. The standard InChI is InChI=1S/C17H23N3/c1-14(20-11-5-2-6-12-20)13-19-17-9-10-18-16-8-4-3-7-15(16)17/h3-4,7-10,14H,2,5-6,11-13H2,1H3,(H,18,19). The lowest BCUT2D eigenvalue weighted by Crippen LogP contribution is -2.41. The first-order valence-electron chi connectivity index (χ1n) is 7.66. The van der Waals surface area contributed by atoms with Gasteiger partial charge < -0.3 is 5.32 Å². The Morgan fingerprint density at radius 1 is 1.15 bits per heavy atom. The van der Waals surface area contributed by atoms with Crippen LogP contribution in [0.2, 0.25) is 0 Å². The third-order valence-corrected chi connectivity index (χ3v) is 4.25. The highest BCUT2D eigenvalue weighted by Crippen LogP contribution is 2.21. The summed E-state index contributed by atoms with van der Waals surface area (Å²) in [5.41, 5.74) is 2.25. The van der Waals surface area contributed by atoms with E-state index in [0.717, 1.165) is 12.1 Å². The molecule has 1 unspecified atom stereocenters. The van der Waals surface area contributed by atoms with Gasteiger partial charge in [-0.05, 0) is 45.0 Å². The largest absolute Gasteiger partial charge is 0.383 e. The predicted octanol–water partition coefficient (Wildman–Crippen LogP) is 3.52. The third-order valence-electron chi connectivity index (χ3n) is 4.25. The highest BCUT2D eigenvalue weighted by molar-refractivity contribution is 5.90. The minimum atomic E-state index is 0.585. The quantitative estimate of drug-likeness (QED) is 0.920. The summed E-state index contributed by atoms with van der Waals surface area (Å²) in [6.07, 6.45) is 5.98. The summed E-state index contributed by atoms with van der Waals surface area (Å²) in [6, 6.07) is 11.0. The van der Waals surface area contributed by atoms with E-state index in [2.05, 4.69) is 46.4 Å². The number of benzene rings is 1. The Morgan fingerprint density at radius 3 is 2.80 bits per heavy atom. The second kappa shape index (κ2) is 6.23. The summed E-state index contributed by atoms with van der Waals surface area (Å²) < 4.78 is 0. The summed E-state index contributed by atoms with van der Waals surface area (Å²) in [5.74, 6) is 0. The van der Waals surface area contributed by atoms with Gasteiger partial charge in [0.25, 0.3) is 0 Å². The molecule has 0 spiro atoms. The fourth-order valence-electron chi connectivity index (χ4n) is 3.00. The molecule has 0 aliphatic carbocycles. The molecule has 2 heterocycles. The van der Waals surface area contributed by atoms with E-state index in [-0.39, 0.29) is 0 Å². The lowest BCUT2D eigenvalue weighted by molar-refractivity contribution is 0.180. The Hall–Kier alpha value is -1.61. The van der Waals surface area contributed by atoms with Gasteiger partial charge in [0.2, 0.25) is 0 Å². The van der Waals surface area contributed by atoms with Crippen LogP contribution >= 0.6 is 0 Å². The molecule has 3 heteroatoms. The van der Waals surface area contributed by atoms with E-state index in [9.17, 15) is 0 Å². The first kappa shape index (κ1) is 13.4. The first-order chi connectivity index (χ1) is 9.84. The van der Waals surface area contributed by atoms with Crippen molar-refractivity contribution < 1.29 is 0 Å². The van der Waals surface area contributed by atoms with Crippen molar-refractivity contribution in [1.82, 2.24) is 9.88 Å². The highest BCUT2D eigenvalue weighted by atomic mass is 15.2. The molecule has 1 saturated heterocycles. The van der Waals surface area contributed by atoms with Crippen LogP contribution in [0.25, 0.3) is 10.9 Å². The van der Waals surface area contributed by atoms with Crippen molar-refractivity contribution in [2.75, 3.05) is 25.0 Å². The SMILES string of the molecule is CC(CNc1ccnc2ccccc12)N1CCCCC1. The molecule has 1 aromatic carbocycles. The van der Waals surface area contributed by atoms with E-state index < -0.39 is 0 Å². The lowest BCUT2D eigenvalue weighted by Gasteiger charge is -2.32. The number of fused-ring (bicyclic) bond motifs is 1. The average Bonchev–Trinajstić information content (AvgIpc) is 2.53. The van der Waals surface area contributed by atoms with Crippen molar-refractivity contribution in [1.29, 1.82) is 0 Å². The van der Waals surface area contributed by atoms with E-state index in [0.29, 0.717) is 6.04 Å². The van der Waals surface area contributed by atoms with Gasteiger partial charge in [-0.3, -0.25) is 9.88 Å². The number of nitrogens with one attached hydrogen (secondary N) is 1. The smallest absolute Gasteiger partial charge is 0.0722 e. The Balaban J connectivity index is 1.67. The normalized spacial score (nSPS) is 18.1. The van der Waals surface area contributed by atoms with E-state index in [1.54, 1.807) is 0 Å². The summed E-state index contributed by atoms with van der Waals surface area (Å²) >= 11 is 0. The number of aromatic nitrogens is 1. The summed E-state index contributed by atoms with van der Waals surface area (Å²) in [7, 11) is 0. The van der Waals surface area contributed by atoms with Crippen LogP contribution in [0, 0.1) is 0 Å². The zero-order valence-corrected chi connectivity index (χ0v) is 12.2. The maximum atomic E-state index is 4.41. The molecular formula is C17H23N3. The Morgan fingerprint density at radius 2 is 1.95 bits per heavy atom. The number of nitrogens with zero attached hydrogens (tertiary/aromatic N) is 2. The van der Waals surface area contributed by atoms with Crippen LogP contribution in [0.3, 0.4) is 0 Å². The molecule has 2 aromatic rings. The molecule has 106 valence electrons. The van der Waals surface area contributed by atoms with Crippen molar-refractivity contribution in [3.8, 4) is 0 Å². The predicted molar refractivity (Wildman–Crippen MR) is 85.1 cm³/mol. The van der Waals surface area contributed by atoms with Gasteiger partial charge in [-0.2, -0.15) is 0 Å². The van der Waals surface area contributed by atoms with Crippen LogP contribution in [0.5, 0.6) is 0 Å². The minimum absolute atomic E-state index is 0.585. The highest BCUT2D eigenvalue weighted by Gasteiger charge is 2.16. The fraction of sp³-hybridized carbons (Fsp3) is 0.471. The van der Waals surface area contributed by atoms with E-state index in [4.69, 9.17) is 0 Å². The van der Waals surface area contributed by atoms with Crippen molar-refractivity contribution in [2.45, 2.75) is 32.2 Å². The molecule has 1 aromatic heterocycles. The first-order valence-corrected chi connectivity index (χ1v) is 7.66. The Kier molecular flexibility index (Phi) is 4.16. The molecule has 1 aliphatic heterocycles. The number of piperidine rings is 1. The van der Waals surface area contributed by atoms with Gasteiger partial charge in [-0.15, -0.1) is 0 Å². The fourth-order valence-corrected chi connectivity index (χ4v) is 3.00. The van der Waals surface area contributed by atoms with Crippen molar-refractivity contribution in [2.24, 2.45) is 0 Å². The zero-order valence-electron chi connectivity index (χ0n) is 12.2. The van der Waals surface area contributed by atoms with Crippen LogP contribution in [-0.4, -0.2) is 35.6 Å². The molecule has 1 atom stereocenters. The topological polar surface area (TPSA) is 28.2 Å². The average molecular weight is 269 g/mol. The van der Waals surface area contributed by atoms with Gasteiger partial charge >= 0.3 is 0 Å². The maximum Gasteiger partial charge on any atom is 0.0722 e. The maximum absolute atomic E-state index is 4.41. The molecular weight excluding hydrogens is 246 g/mol. The summed E-state index contributed by atoms with van der Waals surface area (Å²) in [6.45, 7) is 5.82. The van der Waals surface area contributed by atoms with Crippen molar-refractivity contribution >= 4 is 16.6 Å². The number of likely N-dealkylation sites (tertiary alicyclic amines) is 1. The van der Waals surface area contributed by atoms with Crippen LogP contribution in [-0.2, 0) is 0 Å². The number of pyridine rings is 1. The number of anilines is 1. The van der Waals surface area contributed by atoms with E-state index in [1.807, 2.05) is 12.3 Å². The number of hydrogen-bond donors (Lipinski definition) is 1.